The number of ether oxygens (including phenoxy) is 3. The third-order valence-corrected chi connectivity index (χ3v) is 2.85. The maximum absolute atomic E-state index is 12.2. The molecule has 1 aromatic rings. The van der Waals surface area contributed by atoms with Crippen molar-refractivity contribution in [2.45, 2.75) is 6.18 Å². The third-order valence-electron chi connectivity index (χ3n) is 2.85. The molecule has 0 spiro atoms. The molecule has 0 fully saturated rings. The van der Waals surface area contributed by atoms with E-state index < -0.39 is 30.2 Å². The molecule has 0 saturated heterocycles. The summed E-state index contributed by atoms with van der Waals surface area (Å²) in [6.45, 7) is -0.872. The number of amides is 1. The summed E-state index contributed by atoms with van der Waals surface area (Å²) in [5.74, 6) is -3.12. The third kappa shape index (κ3) is 6.34. The van der Waals surface area contributed by atoms with Crippen molar-refractivity contribution in [2.75, 3.05) is 27.6 Å². The number of benzene rings is 1. The van der Waals surface area contributed by atoms with Gasteiger partial charge in [0.25, 0.3) is 0 Å². The zero-order valence-corrected chi connectivity index (χ0v) is 13.3. The van der Waals surface area contributed by atoms with Gasteiger partial charge in [-0.25, -0.2) is 4.79 Å². The smallest absolute Gasteiger partial charge is 0.471 e. The minimum atomic E-state index is -5.10. The highest BCUT2D eigenvalue weighted by Crippen LogP contribution is 2.26. The van der Waals surface area contributed by atoms with Crippen LogP contribution in [-0.2, 0) is 14.3 Å². The normalized spacial score (nSPS) is 11.8. The molecule has 7 nitrogen and oxygen atoms in total. The van der Waals surface area contributed by atoms with E-state index in [0.29, 0.717) is 5.75 Å². The van der Waals surface area contributed by atoms with E-state index in [0.717, 1.165) is 6.08 Å². The summed E-state index contributed by atoms with van der Waals surface area (Å²) >= 11 is 0. The number of nitrogens with one attached hydrogen (secondary N) is 1. The first-order chi connectivity index (χ1) is 11.7. The van der Waals surface area contributed by atoms with Gasteiger partial charge in [0.15, 0.2) is 6.79 Å². The van der Waals surface area contributed by atoms with Gasteiger partial charge < -0.3 is 24.6 Å². The molecule has 1 aromatic carbocycles. The van der Waals surface area contributed by atoms with Gasteiger partial charge in [-0.15, -0.1) is 0 Å². The Kier molecular flexibility index (Phi) is 7.24. The van der Waals surface area contributed by atoms with Crippen LogP contribution in [0.3, 0.4) is 0 Å². The van der Waals surface area contributed by atoms with Crippen molar-refractivity contribution in [3.8, 4) is 11.5 Å². The fourth-order valence-corrected chi connectivity index (χ4v) is 1.69. The number of alkyl halides is 3. The molecule has 0 bridgehead atoms. The first-order valence-electron chi connectivity index (χ1n) is 6.77. The molecule has 0 aliphatic rings. The predicted molar refractivity (Wildman–Crippen MR) is 80.2 cm³/mol. The Labute approximate surface area is 141 Å². The fourth-order valence-electron chi connectivity index (χ4n) is 1.69. The number of aliphatic carboxylic acids is 1. The van der Waals surface area contributed by atoms with E-state index in [-0.39, 0.29) is 18.1 Å². The molecular formula is C15H16F3NO6. The van der Waals surface area contributed by atoms with Crippen LogP contribution in [0.1, 0.15) is 5.56 Å². The highest BCUT2D eigenvalue weighted by Gasteiger charge is 2.38. The number of carbonyl (C=O) groups excluding carboxylic acids is 1. The van der Waals surface area contributed by atoms with Gasteiger partial charge in [-0.2, -0.15) is 13.2 Å². The lowest BCUT2D eigenvalue weighted by atomic mass is 10.1. The largest absolute Gasteiger partial charge is 0.496 e. The van der Waals surface area contributed by atoms with Crippen molar-refractivity contribution in [3.05, 3.63) is 29.3 Å². The second-order valence-corrected chi connectivity index (χ2v) is 4.61. The molecule has 25 heavy (non-hydrogen) atoms. The molecule has 0 heterocycles. The standard InChI is InChI=1S/C15H16F3NO6/c1-23-8-25-11-3-4-12(24-2)9(6-11)5-10(13(20)21)7-19-14(22)15(16,17)18/h3-6H,7-8H2,1-2H3,(H,19,22)(H,20,21)/b10-5+. The monoisotopic (exact) mass is 363 g/mol. The van der Waals surface area contributed by atoms with Crippen LogP contribution in [0.5, 0.6) is 11.5 Å². The Morgan fingerprint density at radius 3 is 2.48 bits per heavy atom. The van der Waals surface area contributed by atoms with Crippen LogP contribution in [-0.4, -0.2) is 50.7 Å². The summed E-state index contributed by atoms with van der Waals surface area (Å²) in [6, 6.07) is 4.46. The first-order valence-corrected chi connectivity index (χ1v) is 6.77. The van der Waals surface area contributed by atoms with Crippen LogP contribution in [0.4, 0.5) is 13.2 Å². The van der Waals surface area contributed by atoms with Gasteiger partial charge in [0.1, 0.15) is 11.5 Å². The van der Waals surface area contributed by atoms with Gasteiger partial charge in [0.2, 0.25) is 0 Å². The summed E-state index contributed by atoms with van der Waals surface area (Å²) in [5.41, 5.74) is -0.227. The lowest BCUT2D eigenvalue weighted by Gasteiger charge is -2.11. The number of carboxylic acid groups (broad SMARTS) is 1. The number of halogens is 3. The Morgan fingerprint density at radius 1 is 1.28 bits per heavy atom. The van der Waals surface area contributed by atoms with Crippen LogP contribution in [0.15, 0.2) is 23.8 Å². The molecule has 2 N–H and O–H groups in total. The SMILES string of the molecule is COCOc1ccc(OC)c(/C=C(\CNC(=O)C(F)(F)F)C(=O)O)c1. The number of methoxy groups -OCH3 is 2. The van der Waals surface area contributed by atoms with Crippen molar-refractivity contribution >= 4 is 18.0 Å². The molecule has 0 atom stereocenters. The van der Waals surface area contributed by atoms with E-state index in [1.807, 2.05) is 0 Å². The van der Waals surface area contributed by atoms with Crippen molar-refractivity contribution in [1.82, 2.24) is 5.32 Å². The second kappa shape index (κ2) is 8.92. The van der Waals surface area contributed by atoms with Gasteiger partial charge in [-0.1, -0.05) is 0 Å². The van der Waals surface area contributed by atoms with Crippen LogP contribution in [0.25, 0.3) is 6.08 Å². The molecule has 0 unspecified atom stereocenters. The number of hydrogen-bond donors (Lipinski definition) is 2. The Morgan fingerprint density at radius 2 is 1.96 bits per heavy atom. The second-order valence-electron chi connectivity index (χ2n) is 4.61. The van der Waals surface area contributed by atoms with E-state index in [1.165, 1.54) is 31.7 Å². The minimum absolute atomic E-state index is 0.0527. The van der Waals surface area contributed by atoms with E-state index in [9.17, 15) is 22.8 Å². The highest BCUT2D eigenvalue weighted by molar-refractivity contribution is 5.94. The molecule has 0 aliphatic carbocycles. The van der Waals surface area contributed by atoms with Gasteiger partial charge in [0.05, 0.1) is 19.2 Å². The number of hydrogen-bond acceptors (Lipinski definition) is 5. The molecule has 1 rings (SSSR count). The summed E-state index contributed by atoms with van der Waals surface area (Å²) in [7, 11) is 2.75. The molecule has 0 saturated carbocycles. The van der Waals surface area contributed by atoms with Gasteiger partial charge in [-0.3, -0.25) is 4.79 Å². The number of rotatable bonds is 8. The van der Waals surface area contributed by atoms with Crippen molar-refractivity contribution in [1.29, 1.82) is 0 Å². The molecule has 0 radical (unpaired) electrons. The zero-order valence-electron chi connectivity index (χ0n) is 13.3. The highest BCUT2D eigenvalue weighted by atomic mass is 19.4. The lowest BCUT2D eigenvalue weighted by Crippen LogP contribution is -2.38. The fraction of sp³-hybridized carbons (Fsp3) is 0.333. The Bertz CT molecular complexity index is 657. The topological polar surface area (TPSA) is 94.1 Å². The van der Waals surface area contributed by atoms with Gasteiger partial charge in [0, 0.05) is 12.7 Å². The molecule has 0 aliphatic heterocycles. The predicted octanol–water partition coefficient (Wildman–Crippen LogP) is 1.82. The molecule has 0 aromatic heterocycles. The van der Waals surface area contributed by atoms with Gasteiger partial charge in [-0.05, 0) is 24.3 Å². The van der Waals surface area contributed by atoms with E-state index in [1.54, 1.807) is 6.07 Å². The molecule has 1 amide bonds. The maximum atomic E-state index is 12.2. The summed E-state index contributed by atoms with van der Waals surface area (Å²) < 4.78 is 51.6. The van der Waals surface area contributed by atoms with E-state index in [2.05, 4.69) is 0 Å². The Balaban J connectivity index is 3.07. The molecule has 138 valence electrons. The van der Waals surface area contributed by atoms with Crippen LogP contribution in [0.2, 0.25) is 0 Å². The van der Waals surface area contributed by atoms with E-state index >= 15 is 0 Å². The lowest BCUT2D eigenvalue weighted by molar-refractivity contribution is -0.173. The quantitative estimate of drug-likeness (QED) is 0.541. The zero-order chi connectivity index (χ0) is 19.0. The average Bonchev–Trinajstić information content (AvgIpc) is 2.55. The molecular weight excluding hydrogens is 347 g/mol. The first kappa shape index (κ1) is 20.3. The summed E-state index contributed by atoms with van der Waals surface area (Å²) in [5, 5.41) is 10.6. The van der Waals surface area contributed by atoms with Crippen LogP contribution < -0.4 is 14.8 Å². The van der Waals surface area contributed by atoms with Gasteiger partial charge >= 0.3 is 18.1 Å². The summed E-state index contributed by atoms with van der Waals surface area (Å²) in [4.78, 5) is 22.1. The van der Waals surface area contributed by atoms with E-state index in [4.69, 9.17) is 19.3 Å². The number of carboxylic acids is 1. The Hall–Kier alpha value is -2.75. The minimum Gasteiger partial charge on any atom is -0.496 e. The maximum Gasteiger partial charge on any atom is 0.471 e. The number of carbonyl (C=O) groups is 2. The summed E-state index contributed by atoms with van der Waals surface area (Å²) in [6.07, 6.45) is -4.02. The van der Waals surface area contributed by atoms with Crippen molar-refractivity contribution < 1.29 is 42.1 Å². The van der Waals surface area contributed by atoms with Crippen molar-refractivity contribution in [3.63, 3.8) is 0 Å². The van der Waals surface area contributed by atoms with Crippen LogP contribution in [0, 0.1) is 0 Å². The molecule has 10 heteroatoms. The average molecular weight is 363 g/mol. The van der Waals surface area contributed by atoms with Crippen LogP contribution >= 0.6 is 0 Å². The van der Waals surface area contributed by atoms with Crippen molar-refractivity contribution in [2.24, 2.45) is 0 Å².